The molecule has 0 amide bonds. The Balaban J connectivity index is 1.47. The highest BCUT2D eigenvalue weighted by molar-refractivity contribution is 6.30. The highest BCUT2D eigenvalue weighted by atomic mass is 35.5. The zero-order valence-electron chi connectivity index (χ0n) is 11.4. The predicted molar refractivity (Wildman–Crippen MR) is 83.0 cm³/mol. The van der Waals surface area contributed by atoms with Crippen LogP contribution in [-0.4, -0.2) is 23.7 Å². The molecule has 2 aliphatic rings. The molecule has 0 radical (unpaired) electrons. The normalized spacial score (nSPS) is 27.0. The van der Waals surface area contributed by atoms with Crippen molar-refractivity contribution < 1.29 is 4.74 Å². The molecule has 1 aromatic heterocycles. The molecule has 108 valence electrons. The number of fused-ring (bicyclic) bond motifs is 2. The highest BCUT2D eigenvalue weighted by Crippen LogP contribution is 2.37. The van der Waals surface area contributed by atoms with E-state index in [1.807, 2.05) is 12.1 Å². The molecule has 0 spiro atoms. The van der Waals surface area contributed by atoms with Crippen LogP contribution >= 0.6 is 11.6 Å². The van der Waals surface area contributed by atoms with Gasteiger partial charge in [-0.05, 0) is 36.2 Å². The second-order valence-corrected chi connectivity index (χ2v) is 5.97. The molecule has 0 saturated carbocycles. The molecule has 3 heterocycles. The lowest BCUT2D eigenvalue weighted by Gasteiger charge is -2.23. The molecular formula is C16H16ClN3O. The van der Waals surface area contributed by atoms with E-state index in [9.17, 15) is 0 Å². The molecule has 2 N–H and O–H groups in total. The Kier molecular flexibility index (Phi) is 3.30. The Labute approximate surface area is 128 Å². The standard InChI is InChI=1S/C16H16ClN3O/c17-11-3-6-15(19-8-11)20-12-4-1-10(2-5-12)16-14-7-13(21-16)9-18-14/h1-6,8,13-14,16,18H,7,9H2,(H,19,20)/t13-,14-,16+/m0/s1. The van der Waals surface area contributed by atoms with Crippen molar-refractivity contribution in [2.75, 3.05) is 11.9 Å². The molecule has 2 aromatic rings. The van der Waals surface area contributed by atoms with Crippen LogP contribution in [-0.2, 0) is 4.74 Å². The van der Waals surface area contributed by atoms with Gasteiger partial charge in [0.25, 0.3) is 0 Å². The average Bonchev–Trinajstić information content (AvgIpc) is 3.13. The molecule has 3 atom stereocenters. The Morgan fingerprint density at radius 3 is 2.67 bits per heavy atom. The number of rotatable bonds is 3. The van der Waals surface area contributed by atoms with Crippen LogP contribution in [0, 0.1) is 0 Å². The van der Waals surface area contributed by atoms with Crippen molar-refractivity contribution in [3.63, 3.8) is 0 Å². The molecule has 21 heavy (non-hydrogen) atoms. The molecule has 4 nitrogen and oxygen atoms in total. The fourth-order valence-corrected chi connectivity index (χ4v) is 3.15. The van der Waals surface area contributed by atoms with Crippen LogP contribution in [0.3, 0.4) is 0 Å². The summed E-state index contributed by atoms with van der Waals surface area (Å²) in [6, 6.07) is 12.5. The maximum absolute atomic E-state index is 6.01. The van der Waals surface area contributed by atoms with Gasteiger partial charge in [-0.3, -0.25) is 0 Å². The van der Waals surface area contributed by atoms with E-state index in [1.54, 1.807) is 6.20 Å². The van der Waals surface area contributed by atoms with Gasteiger partial charge in [-0.15, -0.1) is 0 Å². The van der Waals surface area contributed by atoms with Crippen molar-refractivity contribution in [1.82, 2.24) is 10.3 Å². The first-order valence-corrected chi connectivity index (χ1v) is 7.53. The number of ether oxygens (including phenoxy) is 1. The lowest BCUT2D eigenvalue weighted by molar-refractivity contribution is 0.0160. The number of pyridine rings is 1. The van der Waals surface area contributed by atoms with Gasteiger partial charge < -0.3 is 15.4 Å². The molecular weight excluding hydrogens is 286 g/mol. The average molecular weight is 302 g/mol. The van der Waals surface area contributed by atoms with Gasteiger partial charge in [-0.25, -0.2) is 4.98 Å². The molecule has 5 heteroatoms. The van der Waals surface area contributed by atoms with Gasteiger partial charge in [0.15, 0.2) is 0 Å². The maximum atomic E-state index is 6.01. The van der Waals surface area contributed by atoms with Crippen molar-refractivity contribution in [1.29, 1.82) is 0 Å². The van der Waals surface area contributed by atoms with E-state index >= 15 is 0 Å². The quantitative estimate of drug-likeness (QED) is 0.913. The minimum atomic E-state index is 0.187. The summed E-state index contributed by atoms with van der Waals surface area (Å²) in [4.78, 5) is 4.23. The largest absolute Gasteiger partial charge is 0.367 e. The minimum absolute atomic E-state index is 0.187. The molecule has 0 unspecified atom stereocenters. The van der Waals surface area contributed by atoms with Gasteiger partial charge in [-0.2, -0.15) is 0 Å². The van der Waals surface area contributed by atoms with Crippen LogP contribution in [0.4, 0.5) is 11.5 Å². The monoisotopic (exact) mass is 301 g/mol. The van der Waals surface area contributed by atoms with Gasteiger partial charge in [-0.1, -0.05) is 23.7 Å². The van der Waals surface area contributed by atoms with Crippen molar-refractivity contribution in [2.45, 2.75) is 24.7 Å². The Morgan fingerprint density at radius 1 is 1.19 bits per heavy atom. The van der Waals surface area contributed by atoms with Crippen molar-refractivity contribution >= 4 is 23.1 Å². The van der Waals surface area contributed by atoms with Crippen LogP contribution < -0.4 is 10.6 Å². The Morgan fingerprint density at radius 2 is 2.05 bits per heavy atom. The molecule has 2 aliphatic heterocycles. The van der Waals surface area contributed by atoms with Crippen LogP contribution in [0.5, 0.6) is 0 Å². The summed E-state index contributed by atoms with van der Waals surface area (Å²) in [7, 11) is 0. The first-order chi connectivity index (χ1) is 10.3. The predicted octanol–water partition coefficient (Wildman–Crippen LogP) is 3.28. The second kappa shape index (κ2) is 5.30. The van der Waals surface area contributed by atoms with Crippen LogP contribution in [0.2, 0.25) is 5.02 Å². The third-order valence-corrected chi connectivity index (χ3v) is 4.29. The number of halogens is 1. The van der Waals surface area contributed by atoms with Gasteiger partial charge in [0.05, 0.1) is 17.2 Å². The zero-order chi connectivity index (χ0) is 14.2. The van der Waals surface area contributed by atoms with Gasteiger partial charge >= 0.3 is 0 Å². The summed E-state index contributed by atoms with van der Waals surface area (Å²) in [5, 5.41) is 7.39. The lowest BCUT2D eigenvalue weighted by Crippen LogP contribution is -2.33. The zero-order valence-corrected chi connectivity index (χ0v) is 12.2. The minimum Gasteiger partial charge on any atom is -0.367 e. The van der Waals surface area contributed by atoms with Crippen LogP contribution in [0.15, 0.2) is 42.6 Å². The first-order valence-electron chi connectivity index (χ1n) is 7.15. The first kappa shape index (κ1) is 13.1. The Bertz CT molecular complexity index is 629. The van der Waals surface area contributed by atoms with Crippen molar-refractivity contribution in [3.05, 3.63) is 53.2 Å². The van der Waals surface area contributed by atoms with Crippen LogP contribution in [0.25, 0.3) is 0 Å². The summed E-state index contributed by atoms with van der Waals surface area (Å²) >= 11 is 5.83. The number of morpholine rings is 1. The number of anilines is 2. The van der Waals surface area contributed by atoms with E-state index in [0.29, 0.717) is 17.2 Å². The molecule has 2 bridgehead atoms. The van der Waals surface area contributed by atoms with E-state index in [1.165, 1.54) is 5.56 Å². The fraction of sp³-hybridized carbons (Fsp3) is 0.312. The lowest BCUT2D eigenvalue weighted by atomic mass is 10.0. The number of nitrogens with zero attached hydrogens (tertiary/aromatic N) is 1. The molecule has 2 fully saturated rings. The number of aromatic nitrogens is 1. The number of nitrogens with one attached hydrogen (secondary N) is 2. The molecule has 4 rings (SSSR count). The summed E-state index contributed by atoms with van der Waals surface area (Å²) in [5.41, 5.74) is 2.23. The smallest absolute Gasteiger partial charge is 0.130 e. The van der Waals surface area contributed by atoms with Crippen molar-refractivity contribution in [3.8, 4) is 0 Å². The van der Waals surface area contributed by atoms with Gasteiger partial charge in [0.2, 0.25) is 0 Å². The Hall–Kier alpha value is -1.62. The van der Waals surface area contributed by atoms with E-state index in [0.717, 1.165) is 24.5 Å². The van der Waals surface area contributed by atoms with Gasteiger partial charge in [0, 0.05) is 24.5 Å². The summed E-state index contributed by atoms with van der Waals surface area (Å²) in [6.07, 6.45) is 3.33. The van der Waals surface area contributed by atoms with E-state index in [-0.39, 0.29) is 6.10 Å². The third kappa shape index (κ3) is 2.62. The highest BCUT2D eigenvalue weighted by Gasteiger charge is 2.41. The summed E-state index contributed by atoms with van der Waals surface area (Å²) in [6.45, 7) is 0.989. The number of hydrogen-bond acceptors (Lipinski definition) is 4. The maximum Gasteiger partial charge on any atom is 0.130 e. The number of hydrogen-bond donors (Lipinski definition) is 2. The summed E-state index contributed by atoms with van der Waals surface area (Å²) in [5.74, 6) is 0.782. The molecule has 2 saturated heterocycles. The topological polar surface area (TPSA) is 46.2 Å². The van der Waals surface area contributed by atoms with Gasteiger partial charge in [0.1, 0.15) is 5.82 Å². The second-order valence-electron chi connectivity index (χ2n) is 5.54. The van der Waals surface area contributed by atoms with Crippen LogP contribution in [0.1, 0.15) is 18.1 Å². The summed E-state index contributed by atoms with van der Waals surface area (Å²) < 4.78 is 6.01. The van der Waals surface area contributed by atoms with E-state index in [2.05, 4.69) is 39.9 Å². The third-order valence-electron chi connectivity index (χ3n) is 4.07. The molecule has 0 aliphatic carbocycles. The SMILES string of the molecule is Clc1ccc(Nc2ccc([C@H]3O[C@@H]4CN[C@H]3C4)cc2)nc1. The number of benzene rings is 1. The molecule has 1 aromatic carbocycles. The van der Waals surface area contributed by atoms with E-state index in [4.69, 9.17) is 16.3 Å². The van der Waals surface area contributed by atoms with Crippen molar-refractivity contribution in [2.24, 2.45) is 0 Å². The van der Waals surface area contributed by atoms with E-state index < -0.39 is 0 Å². The fourth-order valence-electron chi connectivity index (χ4n) is 3.03.